The lowest BCUT2D eigenvalue weighted by Crippen LogP contribution is -2.43. The van der Waals surface area contributed by atoms with Crippen LogP contribution in [-0.4, -0.2) is 31.0 Å². The molecule has 5 heteroatoms. The highest BCUT2D eigenvalue weighted by Gasteiger charge is 2.13. The van der Waals surface area contributed by atoms with Gasteiger partial charge in [0.2, 0.25) is 0 Å². The number of hydrogen-bond acceptors (Lipinski definition) is 3. The van der Waals surface area contributed by atoms with Crippen molar-refractivity contribution in [3.05, 3.63) is 29.8 Å². The topological polar surface area (TPSA) is 67.4 Å². The quantitative estimate of drug-likeness (QED) is 0.616. The van der Waals surface area contributed by atoms with E-state index in [4.69, 9.17) is 4.74 Å². The summed E-state index contributed by atoms with van der Waals surface area (Å²) < 4.78 is 5.45. The van der Waals surface area contributed by atoms with E-state index in [1.165, 1.54) is 0 Å². The number of carbonyl (C=O) groups excluding carboxylic acids is 2. The first-order valence-corrected chi connectivity index (χ1v) is 6.27. The predicted octanol–water partition coefficient (Wildman–Crippen LogP) is 1.01. The zero-order chi connectivity index (χ0) is 14.3. The van der Waals surface area contributed by atoms with Crippen LogP contribution in [0.4, 0.5) is 0 Å². The van der Waals surface area contributed by atoms with E-state index in [1.54, 1.807) is 13.8 Å². The summed E-state index contributed by atoms with van der Waals surface area (Å²) in [5.41, 5.74) is 1.11. The number of hydrogen-bond donors (Lipinski definition) is 2. The van der Waals surface area contributed by atoms with Crippen LogP contribution in [0.25, 0.3) is 0 Å². The van der Waals surface area contributed by atoms with Gasteiger partial charge in [-0.25, -0.2) is 0 Å². The third-order valence-corrected chi connectivity index (χ3v) is 2.27. The number of amides is 2. The van der Waals surface area contributed by atoms with Crippen LogP contribution in [0.15, 0.2) is 24.3 Å². The van der Waals surface area contributed by atoms with Gasteiger partial charge >= 0.3 is 11.8 Å². The maximum absolute atomic E-state index is 11.4. The molecule has 104 valence electrons. The molecule has 1 rings (SSSR count). The molecule has 0 bridgehead atoms. The van der Waals surface area contributed by atoms with Crippen molar-refractivity contribution in [2.75, 3.05) is 13.2 Å². The zero-order valence-corrected chi connectivity index (χ0v) is 11.5. The Kier molecular flexibility index (Phi) is 5.85. The molecule has 5 nitrogen and oxygen atoms in total. The summed E-state index contributed by atoms with van der Waals surface area (Å²) in [4.78, 5) is 22.7. The fourth-order valence-electron chi connectivity index (χ4n) is 1.45. The van der Waals surface area contributed by atoms with Gasteiger partial charge in [0, 0.05) is 6.04 Å². The van der Waals surface area contributed by atoms with Crippen molar-refractivity contribution in [2.24, 2.45) is 0 Å². The van der Waals surface area contributed by atoms with Crippen LogP contribution in [0.1, 0.15) is 19.4 Å². The molecule has 0 aliphatic carbocycles. The number of ether oxygens (including phenoxy) is 1. The molecule has 19 heavy (non-hydrogen) atoms. The minimum absolute atomic E-state index is 0.0539. The van der Waals surface area contributed by atoms with Gasteiger partial charge in [-0.1, -0.05) is 12.1 Å². The Morgan fingerprint density at radius 2 is 2.00 bits per heavy atom. The zero-order valence-electron chi connectivity index (χ0n) is 11.5. The molecule has 1 aromatic carbocycles. The van der Waals surface area contributed by atoms with E-state index in [-0.39, 0.29) is 12.6 Å². The van der Waals surface area contributed by atoms with Crippen LogP contribution in [0.2, 0.25) is 0 Å². The van der Waals surface area contributed by atoms with Crippen molar-refractivity contribution in [3.8, 4) is 5.75 Å². The van der Waals surface area contributed by atoms with Crippen molar-refractivity contribution < 1.29 is 14.3 Å². The Balaban J connectivity index is 2.24. The highest BCUT2D eigenvalue weighted by atomic mass is 16.5. The Labute approximate surface area is 113 Å². The minimum atomic E-state index is -0.637. The van der Waals surface area contributed by atoms with Gasteiger partial charge in [-0.15, -0.1) is 0 Å². The van der Waals surface area contributed by atoms with E-state index in [1.807, 2.05) is 31.2 Å². The molecule has 0 aromatic heterocycles. The first kappa shape index (κ1) is 15.0. The lowest BCUT2D eigenvalue weighted by molar-refractivity contribution is -0.139. The van der Waals surface area contributed by atoms with E-state index in [0.29, 0.717) is 6.61 Å². The van der Waals surface area contributed by atoms with Gasteiger partial charge in [0.1, 0.15) is 12.4 Å². The number of nitrogens with one attached hydrogen (secondary N) is 2. The van der Waals surface area contributed by atoms with Gasteiger partial charge in [0.05, 0.1) is 6.54 Å². The Morgan fingerprint density at radius 1 is 1.26 bits per heavy atom. The lowest BCUT2D eigenvalue weighted by Gasteiger charge is -2.09. The van der Waals surface area contributed by atoms with Crippen LogP contribution < -0.4 is 15.4 Å². The monoisotopic (exact) mass is 264 g/mol. The van der Waals surface area contributed by atoms with Crippen LogP contribution in [0.5, 0.6) is 5.75 Å². The van der Waals surface area contributed by atoms with E-state index in [0.717, 1.165) is 11.3 Å². The van der Waals surface area contributed by atoms with Crippen molar-refractivity contribution in [1.82, 2.24) is 10.6 Å². The highest BCUT2D eigenvalue weighted by Crippen LogP contribution is 2.11. The van der Waals surface area contributed by atoms with Gasteiger partial charge in [0.15, 0.2) is 0 Å². The molecule has 0 atom stereocenters. The van der Waals surface area contributed by atoms with Crippen molar-refractivity contribution >= 4 is 11.8 Å². The van der Waals surface area contributed by atoms with E-state index in [2.05, 4.69) is 10.6 Å². The standard InChI is InChI=1S/C14H20N2O3/c1-10(2)16-14(18)13(17)15-7-8-19-12-6-4-5-11(3)9-12/h4-6,9-10H,7-8H2,1-3H3,(H,15,17)(H,16,18). The first-order valence-electron chi connectivity index (χ1n) is 6.27. The summed E-state index contributed by atoms with van der Waals surface area (Å²) in [6, 6.07) is 7.58. The summed E-state index contributed by atoms with van der Waals surface area (Å²) in [6.07, 6.45) is 0. The van der Waals surface area contributed by atoms with Crippen molar-refractivity contribution in [2.45, 2.75) is 26.8 Å². The largest absolute Gasteiger partial charge is 0.492 e. The SMILES string of the molecule is Cc1cccc(OCCNC(=O)C(=O)NC(C)C)c1. The molecule has 1 aromatic rings. The van der Waals surface area contributed by atoms with E-state index < -0.39 is 11.8 Å². The average molecular weight is 264 g/mol. The lowest BCUT2D eigenvalue weighted by atomic mass is 10.2. The maximum atomic E-state index is 11.4. The predicted molar refractivity (Wildman–Crippen MR) is 73.0 cm³/mol. The number of rotatable bonds is 5. The number of aryl methyl sites for hydroxylation is 1. The number of benzene rings is 1. The molecule has 0 unspecified atom stereocenters. The third kappa shape index (κ3) is 5.90. The number of carbonyl (C=O) groups is 2. The van der Waals surface area contributed by atoms with Gasteiger partial charge in [-0.3, -0.25) is 9.59 Å². The fourth-order valence-corrected chi connectivity index (χ4v) is 1.45. The molecule has 0 heterocycles. The van der Waals surface area contributed by atoms with Gasteiger partial charge < -0.3 is 15.4 Å². The summed E-state index contributed by atoms with van der Waals surface area (Å²) in [7, 11) is 0. The molecule has 0 fully saturated rings. The summed E-state index contributed by atoms with van der Waals surface area (Å²) >= 11 is 0. The van der Waals surface area contributed by atoms with Gasteiger partial charge in [0.25, 0.3) is 0 Å². The van der Waals surface area contributed by atoms with E-state index in [9.17, 15) is 9.59 Å². The highest BCUT2D eigenvalue weighted by molar-refractivity contribution is 6.35. The Morgan fingerprint density at radius 3 is 2.63 bits per heavy atom. The van der Waals surface area contributed by atoms with Crippen LogP contribution in [0.3, 0.4) is 0 Å². The fraction of sp³-hybridized carbons (Fsp3) is 0.429. The second-order valence-corrected chi connectivity index (χ2v) is 4.55. The molecule has 0 radical (unpaired) electrons. The van der Waals surface area contributed by atoms with E-state index >= 15 is 0 Å². The van der Waals surface area contributed by atoms with Gasteiger partial charge in [-0.05, 0) is 38.5 Å². The Hall–Kier alpha value is -2.04. The first-order chi connectivity index (χ1) is 8.99. The second-order valence-electron chi connectivity index (χ2n) is 4.55. The smallest absolute Gasteiger partial charge is 0.309 e. The Bertz CT molecular complexity index is 444. The van der Waals surface area contributed by atoms with Crippen LogP contribution in [0, 0.1) is 6.92 Å². The third-order valence-electron chi connectivity index (χ3n) is 2.27. The summed E-state index contributed by atoms with van der Waals surface area (Å²) in [5.74, 6) is -0.507. The molecule has 0 saturated carbocycles. The van der Waals surface area contributed by atoms with Gasteiger partial charge in [-0.2, -0.15) is 0 Å². The normalized spacial score (nSPS) is 10.1. The van der Waals surface area contributed by atoms with Crippen molar-refractivity contribution in [3.63, 3.8) is 0 Å². The molecule has 0 spiro atoms. The molecular weight excluding hydrogens is 244 g/mol. The summed E-state index contributed by atoms with van der Waals surface area (Å²) in [5, 5.41) is 5.01. The van der Waals surface area contributed by atoms with Crippen molar-refractivity contribution in [1.29, 1.82) is 0 Å². The second kappa shape index (κ2) is 7.41. The van der Waals surface area contributed by atoms with Crippen LogP contribution in [-0.2, 0) is 9.59 Å². The summed E-state index contributed by atoms with van der Waals surface area (Å²) in [6.45, 7) is 6.19. The molecule has 0 aliphatic rings. The molecule has 2 N–H and O–H groups in total. The van der Waals surface area contributed by atoms with Crippen LogP contribution >= 0.6 is 0 Å². The molecule has 0 aliphatic heterocycles. The molecule has 2 amide bonds. The molecular formula is C14H20N2O3. The minimum Gasteiger partial charge on any atom is -0.492 e. The average Bonchev–Trinajstić information content (AvgIpc) is 2.33. The molecule has 0 saturated heterocycles. The maximum Gasteiger partial charge on any atom is 0.309 e.